The fourth-order valence-corrected chi connectivity index (χ4v) is 6.63. The Bertz CT molecular complexity index is 439. The van der Waals surface area contributed by atoms with Crippen molar-refractivity contribution in [2.24, 2.45) is 23.7 Å². The molecular weight excluding hydrogens is 468 g/mol. The van der Waals surface area contributed by atoms with Crippen LogP contribution in [0.15, 0.2) is 0 Å². The van der Waals surface area contributed by atoms with Gasteiger partial charge in [0.05, 0.1) is 0 Å². The van der Waals surface area contributed by atoms with E-state index in [-0.39, 0.29) is 0 Å². The van der Waals surface area contributed by atoms with E-state index in [9.17, 15) is 0 Å². The maximum atomic E-state index is 2.52. The summed E-state index contributed by atoms with van der Waals surface area (Å²) in [5.41, 5.74) is 0. The van der Waals surface area contributed by atoms with E-state index in [2.05, 4.69) is 41.5 Å². The zero-order chi connectivity index (χ0) is 28.8. The lowest BCUT2D eigenvalue weighted by Gasteiger charge is -2.17. The summed E-state index contributed by atoms with van der Waals surface area (Å²) in [6, 6.07) is 0. The van der Waals surface area contributed by atoms with E-state index in [1.807, 2.05) is 0 Å². The van der Waals surface area contributed by atoms with Gasteiger partial charge in [0.2, 0.25) is 0 Å². The van der Waals surface area contributed by atoms with E-state index in [0.29, 0.717) is 0 Å². The highest BCUT2D eigenvalue weighted by molar-refractivity contribution is 4.62. The Morgan fingerprint density at radius 1 is 0.231 bits per heavy atom. The molecule has 39 heavy (non-hydrogen) atoms. The predicted octanol–water partition coefficient (Wildman–Crippen LogP) is 14.9. The predicted molar refractivity (Wildman–Crippen MR) is 182 cm³/mol. The maximum absolute atomic E-state index is 2.52. The molecule has 0 fully saturated rings. The van der Waals surface area contributed by atoms with Crippen molar-refractivity contribution in [2.45, 2.75) is 228 Å². The Morgan fingerprint density at radius 2 is 0.410 bits per heavy atom. The highest BCUT2D eigenvalue weighted by atomic mass is 14.2. The molecule has 0 radical (unpaired) electrons. The van der Waals surface area contributed by atoms with Gasteiger partial charge in [-0.25, -0.2) is 0 Å². The van der Waals surface area contributed by atoms with Crippen molar-refractivity contribution < 1.29 is 0 Å². The van der Waals surface area contributed by atoms with E-state index < -0.39 is 0 Å². The smallest absolute Gasteiger partial charge is 0.0443 e. The molecule has 0 nitrogen and oxygen atoms in total. The maximum Gasteiger partial charge on any atom is -0.0443 e. The molecule has 0 aliphatic carbocycles. The lowest BCUT2D eigenvalue weighted by Crippen LogP contribution is -2.02. The Kier molecular flexibility index (Phi) is 30.9. The molecule has 0 amide bonds. The summed E-state index contributed by atoms with van der Waals surface area (Å²) in [5.74, 6) is 3.78. The highest BCUT2D eigenvalue weighted by Gasteiger charge is 2.09. The Balaban J connectivity index is 3.43. The van der Waals surface area contributed by atoms with Crippen LogP contribution in [-0.2, 0) is 0 Å². The summed E-state index contributed by atoms with van der Waals surface area (Å²) in [6.07, 6.45) is 42.4. The van der Waals surface area contributed by atoms with Crippen molar-refractivity contribution in [3.05, 3.63) is 0 Å². The van der Waals surface area contributed by atoms with Gasteiger partial charge >= 0.3 is 0 Å². The van der Waals surface area contributed by atoms with Crippen molar-refractivity contribution in [3.63, 3.8) is 0 Å². The molecular formula is C39H80. The third kappa shape index (κ3) is 30.8. The van der Waals surface area contributed by atoms with Crippen LogP contribution in [0.1, 0.15) is 228 Å². The molecule has 4 atom stereocenters. The highest BCUT2D eigenvalue weighted by Crippen LogP contribution is 2.24. The zero-order valence-electron chi connectivity index (χ0n) is 28.8. The zero-order valence-corrected chi connectivity index (χ0v) is 28.8. The fraction of sp³-hybridized carbons (Fsp3) is 1.00. The minimum atomic E-state index is 0.939. The molecule has 0 aromatic carbocycles. The SMILES string of the molecule is CCCCCCCCCCCCCCCCC(C)CCCC(C)CCCC(C)CCCC(C)CCCCCC. The Labute approximate surface area is 251 Å². The summed E-state index contributed by atoms with van der Waals surface area (Å²) < 4.78 is 0. The van der Waals surface area contributed by atoms with E-state index in [4.69, 9.17) is 0 Å². The van der Waals surface area contributed by atoms with Crippen LogP contribution >= 0.6 is 0 Å². The van der Waals surface area contributed by atoms with Crippen LogP contribution in [0.25, 0.3) is 0 Å². The number of hydrogen-bond donors (Lipinski definition) is 0. The quantitative estimate of drug-likeness (QED) is 0.0733. The van der Waals surface area contributed by atoms with Crippen molar-refractivity contribution in [1.29, 1.82) is 0 Å². The first kappa shape index (κ1) is 39.0. The topological polar surface area (TPSA) is 0 Å². The molecule has 0 heteroatoms. The molecule has 0 spiro atoms. The third-order valence-corrected chi connectivity index (χ3v) is 9.78. The molecule has 0 aromatic heterocycles. The molecule has 236 valence electrons. The Hall–Kier alpha value is 0. The first-order valence-corrected chi connectivity index (χ1v) is 19.0. The molecule has 0 rings (SSSR count). The summed E-state index contributed by atoms with van der Waals surface area (Å²) in [5, 5.41) is 0. The molecule has 0 saturated heterocycles. The monoisotopic (exact) mass is 549 g/mol. The molecule has 0 aromatic rings. The number of rotatable bonds is 32. The lowest BCUT2D eigenvalue weighted by atomic mass is 9.89. The molecule has 0 saturated carbocycles. The van der Waals surface area contributed by atoms with Gasteiger partial charge in [-0.1, -0.05) is 228 Å². The second-order valence-corrected chi connectivity index (χ2v) is 14.4. The van der Waals surface area contributed by atoms with Gasteiger partial charge in [0.1, 0.15) is 0 Å². The molecule has 0 bridgehead atoms. The normalized spacial score (nSPS) is 14.9. The second-order valence-electron chi connectivity index (χ2n) is 14.4. The summed E-state index contributed by atoms with van der Waals surface area (Å²) in [4.78, 5) is 0. The first-order chi connectivity index (χ1) is 19.0. The van der Waals surface area contributed by atoms with Crippen LogP contribution in [-0.4, -0.2) is 0 Å². The van der Waals surface area contributed by atoms with Gasteiger partial charge in [0.25, 0.3) is 0 Å². The van der Waals surface area contributed by atoms with Crippen LogP contribution < -0.4 is 0 Å². The van der Waals surface area contributed by atoms with Crippen LogP contribution in [0, 0.1) is 23.7 Å². The average Bonchev–Trinajstić information content (AvgIpc) is 2.91. The standard InChI is InChI=1S/C39H80/c1-7-9-11-13-14-15-16-17-18-19-20-21-22-24-29-37(4)31-26-33-39(6)35-27-34-38(5)32-25-30-36(3)28-23-12-10-8-2/h36-39H,7-35H2,1-6H3. The van der Waals surface area contributed by atoms with E-state index in [0.717, 1.165) is 23.7 Å². The molecule has 0 N–H and O–H groups in total. The fourth-order valence-electron chi connectivity index (χ4n) is 6.63. The van der Waals surface area contributed by atoms with Gasteiger partial charge in [0.15, 0.2) is 0 Å². The minimum Gasteiger partial charge on any atom is -0.0654 e. The van der Waals surface area contributed by atoms with Crippen molar-refractivity contribution in [2.75, 3.05) is 0 Å². The van der Waals surface area contributed by atoms with E-state index in [1.54, 1.807) is 0 Å². The van der Waals surface area contributed by atoms with Crippen molar-refractivity contribution in [1.82, 2.24) is 0 Å². The van der Waals surface area contributed by atoms with E-state index in [1.165, 1.54) is 186 Å². The molecule has 4 unspecified atom stereocenters. The summed E-state index contributed by atoms with van der Waals surface area (Å²) in [7, 11) is 0. The third-order valence-electron chi connectivity index (χ3n) is 9.78. The van der Waals surface area contributed by atoms with Gasteiger partial charge in [-0.05, 0) is 23.7 Å². The van der Waals surface area contributed by atoms with Crippen LogP contribution in [0.3, 0.4) is 0 Å². The lowest BCUT2D eigenvalue weighted by molar-refractivity contribution is 0.365. The van der Waals surface area contributed by atoms with Gasteiger partial charge < -0.3 is 0 Å². The van der Waals surface area contributed by atoms with Crippen molar-refractivity contribution >= 4 is 0 Å². The summed E-state index contributed by atoms with van der Waals surface area (Å²) in [6.45, 7) is 14.6. The molecule has 0 heterocycles. The second kappa shape index (κ2) is 30.9. The van der Waals surface area contributed by atoms with Crippen LogP contribution in [0.5, 0.6) is 0 Å². The number of hydrogen-bond acceptors (Lipinski definition) is 0. The van der Waals surface area contributed by atoms with Crippen LogP contribution in [0.2, 0.25) is 0 Å². The summed E-state index contributed by atoms with van der Waals surface area (Å²) >= 11 is 0. The first-order valence-electron chi connectivity index (χ1n) is 19.0. The minimum absolute atomic E-state index is 0.939. The van der Waals surface area contributed by atoms with E-state index >= 15 is 0 Å². The number of unbranched alkanes of at least 4 members (excludes halogenated alkanes) is 16. The molecule has 0 aliphatic rings. The van der Waals surface area contributed by atoms with Gasteiger partial charge in [0, 0.05) is 0 Å². The molecule has 0 aliphatic heterocycles. The largest absolute Gasteiger partial charge is 0.0654 e. The van der Waals surface area contributed by atoms with Gasteiger partial charge in [-0.2, -0.15) is 0 Å². The van der Waals surface area contributed by atoms with Gasteiger partial charge in [-0.15, -0.1) is 0 Å². The van der Waals surface area contributed by atoms with Crippen molar-refractivity contribution in [3.8, 4) is 0 Å². The van der Waals surface area contributed by atoms with Crippen LogP contribution in [0.4, 0.5) is 0 Å². The average molecular weight is 549 g/mol. The van der Waals surface area contributed by atoms with Gasteiger partial charge in [-0.3, -0.25) is 0 Å². The Morgan fingerprint density at radius 3 is 0.667 bits per heavy atom.